The van der Waals surface area contributed by atoms with Crippen molar-refractivity contribution in [2.45, 2.75) is 59.9 Å². The highest BCUT2D eigenvalue weighted by Gasteiger charge is 2.36. The van der Waals surface area contributed by atoms with Crippen LogP contribution in [0.3, 0.4) is 0 Å². The van der Waals surface area contributed by atoms with Crippen LogP contribution in [0.5, 0.6) is 0 Å². The Morgan fingerprint density at radius 3 is 2.31 bits per heavy atom. The molecule has 188 valence electrons. The van der Waals surface area contributed by atoms with Crippen LogP contribution in [0.1, 0.15) is 84.5 Å². The molecule has 0 unspecified atom stereocenters. The molecule has 1 aromatic carbocycles. The second-order valence-corrected chi connectivity index (χ2v) is 9.18. The summed E-state index contributed by atoms with van der Waals surface area (Å²) in [6.45, 7) is 8.51. The number of unbranched alkanes of at least 4 members (excludes halogenated alkanes) is 2. The van der Waals surface area contributed by atoms with Gasteiger partial charge in [-0.15, -0.1) is 0 Å². The summed E-state index contributed by atoms with van der Waals surface area (Å²) in [4.78, 5) is 69.1. The van der Waals surface area contributed by atoms with E-state index in [0.29, 0.717) is 19.4 Å². The largest absolute Gasteiger partial charge is 0.383 e. The Morgan fingerprint density at radius 2 is 1.69 bits per heavy atom. The van der Waals surface area contributed by atoms with Gasteiger partial charge in [-0.2, -0.15) is 0 Å². The van der Waals surface area contributed by atoms with Gasteiger partial charge in [0.2, 0.25) is 0 Å². The van der Waals surface area contributed by atoms with Gasteiger partial charge in [-0.25, -0.2) is 4.79 Å². The maximum atomic E-state index is 13.6. The second-order valence-electron chi connectivity index (χ2n) is 9.18. The molecule has 0 aliphatic carbocycles. The lowest BCUT2D eigenvalue weighted by atomic mass is 10.0. The Morgan fingerprint density at radius 1 is 1.03 bits per heavy atom. The molecule has 1 aliphatic heterocycles. The number of amides is 3. The Bertz CT molecular complexity index is 1260. The molecule has 3 N–H and O–H groups in total. The van der Waals surface area contributed by atoms with E-state index in [0.717, 1.165) is 12.8 Å². The van der Waals surface area contributed by atoms with Crippen molar-refractivity contribution < 1.29 is 14.4 Å². The van der Waals surface area contributed by atoms with E-state index in [1.807, 2.05) is 27.7 Å². The molecule has 0 spiro atoms. The third kappa shape index (κ3) is 5.06. The molecule has 35 heavy (non-hydrogen) atoms. The minimum atomic E-state index is -0.755. The zero-order valence-corrected chi connectivity index (χ0v) is 20.7. The average molecular weight is 484 g/mol. The van der Waals surface area contributed by atoms with E-state index < -0.39 is 23.1 Å². The summed E-state index contributed by atoms with van der Waals surface area (Å²) >= 11 is 0. The maximum Gasteiger partial charge on any atom is 0.330 e. The lowest BCUT2D eigenvalue weighted by Gasteiger charge is -2.25. The number of fused-ring (bicyclic) bond motifs is 1. The quantitative estimate of drug-likeness (QED) is 0.498. The van der Waals surface area contributed by atoms with Crippen LogP contribution in [-0.2, 0) is 6.54 Å². The zero-order valence-electron chi connectivity index (χ0n) is 20.7. The smallest absolute Gasteiger partial charge is 0.330 e. The number of nitrogens with one attached hydrogen (secondary N) is 1. The fraction of sp³-hybridized carbons (Fsp3) is 0.480. The molecule has 0 bridgehead atoms. The molecule has 3 amide bonds. The predicted octanol–water partition coefficient (Wildman–Crippen LogP) is 2.62. The third-order valence-electron chi connectivity index (χ3n) is 5.97. The number of carbonyl (C=O) groups is 3. The molecule has 2 aromatic rings. The van der Waals surface area contributed by atoms with Crippen LogP contribution in [0.2, 0.25) is 0 Å². The number of benzene rings is 1. The van der Waals surface area contributed by atoms with Crippen molar-refractivity contribution in [3.05, 3.63) is 55.7 Å². The minimum absolute atomic E-state index is 0.0736. The highest BCUT2D eigenvalue weighted by Crippen LogP contribution is 2.27. The number of nitrogens with two attached hydrogens (primary N) is 1. The number of nitrogen functional groups attached to an aromatic ring is 1. The first-order valence-electron chi connectivity index (χ1n) is 12.1. The van der Waals surface area contributed by atoms with Crippen LogP contribution in [0.25, 0.3) is 0 Å². The first kappa shape index (κ1) is 25.9. The number of nitrogens with zero attached hydrogens (tertiary/aromatic N) is 3. The topological polar surface area (TPSA) is 139 Å². The zero-order chi connectivity index (χ0) is 25.9. The highest BCUT2D eigenvalue weighted by molar-refractivity contribution is 6.22. The van der Waals surface area contributed by atoms with Crippen molar-refractivity contribution in [3.63, 3.8) is 0 Å². The Kier molecular flexibility index (Phi) is 7.93. The lowest BCUT2D eigenvalue weighted by molar-refractivity contribution is 0.0652. The van der Waals surface area contributed by atoms with E-state index >= 15 is 0 Å². The van der Waals surface area contributed by atoms with Gasteiger partial charge in [0.25, 0.3) is 23.3 Å². The van der Waals surface area contributed by atoms with Gasteiger partial charge in [0, 0.05) is 25.2 Å². The highest BCUT2D eigenvalue weighted by atomic mass is 16.2. The SMILES string of the molecule is CCCCN1C(=O)c2ccc(C(=O)N(CCCC)c3c(N)n(CC(C)C)c(=O)[nH]c3=O)cc2C1=O. The van der Waals surface area contributed by atoms with Crippen molar-refractivity contribution in [3.8, 4) is 0 Å². The van der Waals surface area contributed by atoms with Gasteiger partial charge in [-0.1, -0.05) is 40.5 Å². The number of anilines is 2. The van der Waals surface area contributed by atoms with E-state index in [1.54, 1.807) is 0 Å². The number of carbonyl (C=O) groups excluding carboxylic acids is 3. The van der Waals surface area contributed by atoms with Gasteiger partial charge in [-0.3, -0.25) is 33.6 Å². The fourth-order valence-corrected chi connectivity index (χ4v) is 4.11. The molecule has 0 atom stereocenters. The van der Waals surface area contributed by atoms with E-state index in [2.05, 4.69) is 4.98 Å². The van der Waals surface area contributed by atoms with Crippen molar-refractivity contribution in [1.29, 1.82) is 0 Å². The molecule has 10 heteroatoms. The molecule has 0 saturated heterocycles. The first-order chi connectivity index (χ1) is 16.6. The molecule has 3 rings (SSSR count). The summed E-state index contributed by atoms with van der Waals surface area (Å²) in [5, 5.41) is 0. The molecule has 0 saturated carbocycles. The van der Waals surface area contributed by atoms with Crippen LogP contribution in [0.15, 0.2) is 27.8 Å². The monoisotopic (exact) mass is 483 g/mol. The molecule has 0 fully saturated rings. The second kappa shape index (κ2) is 10.7. The van der Waals surface area contributed by atoms with Gasteiger partial charge < -0.3 is 10.6 Å². The summed E-state index contributed by atoms with van der Waals surface area (Å²) in [5.74, 6) is -1.36. The van der Waals surface area contributed by atoms with Gasteiger partial charge >= 0.3 is 5.69 Å². The number of H-pyrrole nitrogens is 1. The maximum absolute atomic E-state index is 13.6. The van der Waals surface area contributed by atoms with Crippen LogP contribution in [0.4, 0.5) is 11.5 Å². The molecule has 1 aromatic heterocycles. The Balaban J connectivity index is 2.06. The van der Waals surface area contributed by atoms with Gasteiger partial charge in [0.05, 0.1) is 11.1 Å². The molecular formula is C25H33N5O5. The summed E-state index contributed by atoms with van der Waals surface area (Å²) in [6, 6.07) is 4.35. The van der Waals surface area contributed by atoms with Crippen LogP contribution in [0, 0.1) is 5.92 Å². The Labute approximate surface area is 203 Å². The van der Waals surface area contributed by atoms with Crippen LogP contribution < -0.4 is 21.9 Å². The van der Waals surface area contributed by atoms with Crippen molar-refractivity contribution >= 4 is 29.2 Å². The van der Waals surface area contributed by atoms with E-state index in [1.165, 1.54) is 32.6 Å². The molecular weight excluding hydrogens is 450 g/mol. The molecule has 2 heterocycles. The normalized spacial score (nSPS) is 13.0. The van der Waals surface area contributed by atoms with Crippen molar-refractivity contribution in [2.75, 3.05) is 23.7 Å². The first-order valence-corrected chi connectivity index (χ1v) is 12.1. The fourth-order valence-electron chi connectivity index (χ4n) is 4.11. The number of rotatable bonds is 10. The molecule has 1 aliphatic rings. The minimum Gasteiger partial charge on any atom is -0.383 e. The van der Waals surface area contributed by atoms with Gasteiger partial charge in [0.1, 0.15) is 5.82 Å². The van der Waals surface area contributed by atoms with Gasteiger partial charge in [-0.05, 0) is 37.0 Å². The molecule has 0 radical (unpaired) electrons. The standard InChI is InChI=1S/C25H33N5O5/c1-5-7-11-28(19-20(26)30(14-15(3)4)25(35)27-21(19)31)22(32)16-9-10-17-18(13-16)24(34)29(23(17)33)12-8-6-2/h9-10,13,15H,5-8,11-12,14,26H2,1-4H3,(H,27,31,35). The number of hydrogen-bond acceptors (Lipinski definition) is 6. The van der Waals surface area contributed by atoms with Crippen LogP contribution >= 0.6 is 0 Å². The number of aromatic nitrogens is 2. The summed E-state index contributed by atoms with van der Waals surface area (Å²) in [6.07, 6.45) is 2.85. The van der Waals surface area contributed by atoms with Crippen LogP contribution in [-0.4, -0.2) is 45.3 Å². The Hall–Kier alpha value is -3.69. The summed E-state index contributed by atoms with van der Waals surface area (Å²) in [5.41, 5.74) is 5.34. The third-order valence-corrected chi connectivity index (χ3v) is 5.97. The number of hydrogen-bond donors (Lipinski definition) is 2. The summed E-state index contributed by atoms with van der Waals surface area (Å²) in [7, 11) is 0. The van der Waals surface area contributed by atoms with E-state index in [9.17, 15) is 24.0 Å². The van der Waals surface area contributed by atoms with Crippen molar-refractivity contribution in [1.82, 2.24) is 14.5 Å². The lowest BCUT2D eigenvalue weighted by Crippen LogP contribution is -2.42. The summed E-state index contributed by atoms with van der Waals surface area (Å²) < 4.78 is 1.25. The number of imide groups is 1. The molecule has 10 nitrogen and oxygen atoms in total. The van der Waals surface area contributed by atoms with Gasteiger partial charge in [0.15, 0.2) is 5.69 Å². The number of aromatic amines is 1. The predicted molar refractivity (Wildman–Crippen MR) is 134 cm³/mol. The van der Waals surface area contributed by atoms with Crippen molar-refractivity contribution in [2.24, 2.45) is 5.92 Å². The average Bonchev–Trinajstić information content (AvgIpc) is 3.05. The van der Waals surface area contributed by atoms with E-state index in [4.69, 9.17) is 5.73 Å². The van der Waals surface area contributed by atoms with E-state index in [-0.39, 0.29) is 53.1 Å².